The summed E-state index contributed by atoms with van der Waals surface area (Å²) in [5.41, 5.74) is 16.7. The summed E-state index contributed by atoms with van der Waals surface area (Å²) in [7, 11) is -1.81. The van der Waals surface area contributed by atoms with Crippen LogP contribution >= 0.6 is 0 Å². The largest absolute Gasteiger partial charge is 0.455 e. The number of imidazole rings is 1. The number of para-hydroxylation sites is 4. The van der Waals surface area contributed by atoms with Crippen LogP contribution in [-0.2, 0) is 12.1 Å². The molecule has 0 fully saturated rings. The summed E-state index contributed by atoms with van der Waals surface area (Å²) in [6, 6.07) is 39.2. The SMILES string of the molecule is Cc1ccc2c(c1)-c1cc(CC(C)C)c([Si](C)(C)C)c[n+]1C21c2ccc3c(oc4ccccc43)c2-c2n(-c3c(C(C)C)cccc3C(C)C)c3ccccc3[n+]21. The van der Waals surface area contributed by atoms with Crippen LogP contribution in [0.2, 0.25) is 19.6 Å². The Morgan fingerprint density at radius 2 is 1.43 bits per heavy atom. The molecule has 0 saturated heterocycles. The van der Waals surface area contributed by atoms with Crippen molar-refractivity contribution in [1.82, 2.24) is 4.57 Å². The molecular formula is C51H53N3OSi+2. The van der Waals surface area contributed by atoms with Crippen LogP contribution in [-0.4, -0.2) is 12.6 Å². The molecule has 10 rings (SSSR count). The van der Waals surface area contributed by atoms with Crippen LogP contribution in [0.3, 0.4) is 0 Å². The van der Waals surface area contributed by atoms with Crippen LogP contribution in [0.4, 0.5) is 0 Å². The first-order valence-corrected chi connectivity index (χ1v) is 24.2. The van der Waals surface area contributed by atoms with Crippen LogP contribution in [0, 0.1) is 12.8 Å². The fourth-order valence-electron chi connectivity index (χ4n) is 10.3. The molecule has 0 aliphatic carbocycles. The van der Waals surface area contributed by atoms with E-state index in [-0.39, 0.29) is 0 Å². The highest BCUT2D eigenvalue weighted by molar-refractivity contribution is 6.89. The first kappa shape index (κ1) is 35.2. The van der Waals surface area contributed by atoms with E-state index in [0.717, 1.165) is 28.4 Å². The molecule has 8 aromatic rings. The number of pyridine rings is 1. The first-order chi connectivity index (χ1) is 26.8. The molecule has 0 radical (unpaired) electrons. The van der Waals surface area contributed by atoms with Gasteiger partial charge in [0.25, 0.3) is 0 Å². The van der Waals surface area contributed by atoms with Gasteiger partial charge in [-0.05, 0) is 79.1 Å². The van der Waals surface area contributed by atoms with E-state index < -0.39 is 13.7 Å². The molecule has 1 unspecified atom stereocenters. The number of hydrogen-bond donors (Lipinski definition) is 0. The lowest BCUT2D eigenvalue weighted by atomic mass is 9.88. The van der Waals surface area contributed by atoms with Crippen LogP contribution in [0.15, 0.2) is 114 Å². The summed E-state index contributed by atoms with van der Waals surface area (Å²) in [6.07, 6.45) is 3.66. The minimum atomic E-state index is -1.81. The summed E-state index contributed by atoms with van der Waals surface area (Å²) >= 11 is 0. The molecule has 56 heavy (non-hydrogen) atoms. The monoisotopic (exact) mass is 751 g/mol. The topological polar surface area (TPSA) is 25.8 Å². The second kappa shape index (κ2) is 12.1. The maximum Gasteiger partial charge on any atom is 0.364 e. The average molecular weight is 752 g/mol. The van der Waals surface area contributed by atoms with Crippen molar-refractivity contribution >= 4 is 46.2 Å². The molecule has 5 heterocycles. The van der Waals surface area contributed by atoms with E-state index in [0.29, 0.717) is 17.8 Å². The van der Waals surface area contributed by atoms with Crippen LogP contribution in [0.1, 0.15) is 86.8 Å². The Hall–Kier alpha value is -5.26. The summed E-state index contributed by atoms with van der Waals surface area (Å²) in [5, 5.41) is 3.85. The predicted octanol–water partition coefficient (Wildman–Crippen LogP) is 11.7. The zero-order chi connectivity index (χ0) is 39.0. The summed E-state index contributed by atoms with van der Waals surface area (Å²) in [6.45, 7) is 23.8. The molecule has 280 valence electrons. The third kappa shape index (κ3) is 4.64. The quantitative estimate of drug-likeness (QED) is 0.123. The first-order valence-electron chi connectivity index (χ1n) is 20.7. The van der Waals surface area contributed by atoms with Crippen LogP contribution in [0.5, 0.6) is 0 Å². The third-order valence-electron chi connectivity index (χ3n) is 12.6. The molecule has 0 bridgehead atoms. The Bertz CT molecular complexity index is 2910. The van der Waals surface area contributed by atoms with Gasteiger partial charge < -0.3 is 4.42 Å². The van der Waals surface area contributed by atoms with Crippen molar-refractivity contribution in [2.75, 3.05) is 0 Å². The fraction of sp³-hybridized carbons (Fsp3) is 0.294. The molecule has 2 aliphatic rings. The number of hydrogen-bond acceptors (Lipinski definition) is 1. The van der Waals surface area contributed by atoms with Gasteiger partial charge in [0.05, 0.1) is 24.8 Å². The van der Waals surface area contributed by atoms with E-state index in [2.05, 4.69) is 191 Å². The lowest BCUT2D eigenvalue weighted by Crippen LogP contribution is -2.72. The van der Waals surface area contributed by atoms with E-state index in [1.807, 2.05) is 0 Å². The summed E-state index contributed by atoms with van der Waals surface area (Å²) in [4.78, 5) is 0. The molecule has 5 heteroatoms. The predicted molar refractivity (Wildman–Crippen MR) is 234 cm³/mol. The molecule has 0 N–H and O–H groups in total. The number of benzene rings is 5. The highest BCUT2D eigenvalue weighted by Gasteiger charge is 2.67. The zero-order valence-electron chi connectivity index (χ0n) is 34.6. The van der Waals surface area contributed by atoms with Crippen molar-refractivity contribution < 1.29 is 13.6 Å². The van der Waals surface area contributed by atoms with Crippen molar-refractivity contribution in [3.05, 3.63) is 143 Å². The molecule has 2 aliphatic heterocycles. The van der Waals surface area contributed by atoms with Gasteiger partial charge in [-0.1, -0.05) is 121 Å². The number of fused-ring (bicyclic) bond motifs is 16. The van der Waals surface area contributed by atoms with Gasteiger partial charge in [0, 0.05) is 33.2 Å². The molecule has 0 saturated carbocycles. The van der Waals surface area contributed by atoms with Crippen LogP contribution in [0.25, 0.3) is 61.3 Å². The molecule has 1 atom stereocenters. The minimum absolute atomic E-state index is 0.325. The van der Waals surface area contributed by atoms with Crippen molar-refractivity contribution in [1.29, 1.82) is 0 Å². The molecule has 1 spiro atoms. The van der Waals surface area contributed by atoms with Gasteiger partial charge in [-0.15, -0.1) is 9.13 Å². The number of nitrogens with zero attached hydrogens (tertiary/aromatic N) is 3. The highest BCUT2D eigenvalue weighted by Crippen LogP contribution is 2.53. The highest BCUT2D eigenvalue weighted by atomic mass is 28.3. The Morgan fingerprint density at radius 1 is 0.732 bits per heavy atom. The van der Waals surface area contributed by atoms with Gasteiger partial charge in [-0.2, -0.15) is 4.57 Å². The number of aromatic nitrogens is 3. The van der Waals surface area contributed by atoms with Crippen molar-refractivity contribution in [3.8, 4) is 28.3 Å². The van der Waals surface area contributed by atoms with Crippen LogP contribution < -0.4 is 14.3 Å². The summed E-state index contributed by atoms with van der Waals surface area (Å²) < 4.78 is 15.1. The van der Waals surface area contributed by atoms with Gasteiger partial charge in [-0.3, -0.25) is 0 Å². The number of rotatable bonds is 6. The normalized spacial score (nSPS) is 15.9. The molecule has 3 aromatic heterocycles. The Morgan fingerprint density at radius 3 is 2.14 bits per heavy atom. The lowest BCUT2D eigenvalue weighted by molar-refractivity contribution is -0.944. The molecular weight excluding hydrogens is 699 g/mol. The second-order valence-corrected chi connectivity index (χ2v) is 23.6. The van der Waals surface area contributed by atoms with Gasteiger partial charge in [0.15, 0.2) is 22.8 Å². The Labute approximate surface area is 332 Å². The van der Waals surface area contributed by atoms with E-state index in [4.69, 9.17) is 4.42 Å². The van der Waals surface area contributed by atoms with Gasteiger partial charge in [-0.25, -0.2) is 0 Å². The van der Waals surface area contributed by atoms with Crippen molar-refractivity contribution in [2.45, 2.75) is 92.0 Å². The fourth-order valence-corrected chi connectivity index (χ4v) is 12.0. The number of aryl methyl sites for hydroxylation is 1. The molecule has 5 aromatic carbocycles. The smallest absolute Gasteiger partial charge is 0.364 e. The average Bonchev–Trinajstić information content (AvgIpc) is 3.86. The van der Waals surface area contributed by atoms with E-state index >= 15 is 0 Å². The maximum absolute atomic E-state index is 7.10. The molecule has 4 nitrogen and oxygen atoms in total. The van der Waals surface area contributed by atoms with Gasteiger partial charge in [0.1, 0.15) is 16.8 Å². The second-order valence-electron chi connectivity index (χ2n) is 18.6. The lowest BCUT2D eigenvalue weighted by Gasteiger charge is -2.24. The van der Waals surface area contributed by atoms with Gasteiger partial charge in [0.2, 0.25) is 5.69 Å². The van der Waals surface area contributed by atoms with E-state index in [1.165, 1.54) is 77.9 Å². The summed E-state index contributed by atoms with van der Waals surface area (Å²) in [5.74, 6) is 2.38. The molecule has 0 amide bonds. The van der Waals surface area contributed by atoms with Gasteiger partial charge >= 0.3 is 11.5 Å². The minimum Gasteiger partial charge on any atom is -0.455 e. The zero-order valence-corrected chi connectivity index (χ0v) is 35.6. The number of furan rings is 1. The Balaban J connectivity index is 1.48. The van der Waals surface area contributed by atoms with E-state index in [1.54, 1.807) is 0 Å². The standard InChI is InChI=1S/C51H53N3OSi/c1-30(2)26-34-28-44-39-27-33(7)22-24-40(39)51(52(44)29-46(34)56(8,9)10)41-25-23-38-37-16-11-14-21-45(37)55-49(38)47(41)50-53(42-19-12-13-20-43(42)54(50)51)48-35(31(3)4)17-15-18-36(48)32(5)6/h11-25,27-32H,26H2,1-10H3/q+2. The van der Waals surface area contributed by atoms with Crippen molar-refractivity contribution in [2.24, 2.45) is 5.92 Å². The Kier molecular flexibility index (Phi) is 7.61. The van der Waals surface area contributed by atoms with Crippen molar-refractivity contribution in [3.63, 3.8) is 0 Å². The van der Waals surface area contributed by atoms with E-state index in [9.17, 15) is 0 Å². The maximum atomic E-state index is 7.10. The third-order valence-corrected chi connectivity index (χ3v) is 14.7.